The van der Waals surface area contributed by atoms with Crippen LogP contribution in [0.2, 0.25) is 0 Å². The zero-order valence-electron chi connectivity index (χ0n) is 38.3. The number of hydrogen-bond acceptors (Lipinski definition) is 5. The lowest BCUT2D eigenvalue weighted by atomic mass is 9.69. The maximum Gasteiger partial charge on any atom is 0.159 e. The molecule has 2 heterocycles. The molecule has 5 unspecified atom stereocenters. The number of benzene rings is 6. The average molecular weight is 882 g/mol. The van der Waals surface area contributed by atoms with Gasteiger partial charge in [-0.1, -0.05) is 218 Å². The van der Waals surface area contributed by atoms with Gasteiger partial charge in [0.05, 0.1) is 5.54 Å². The highest BCUT2D eigenvalue weighted by Gasteiger charge is 2.41. The summed E-state index contributed by atoms with van der Waals surface area (Å²) in [6.45, 7) is 2.16. The highest BCUT2D eigenvalue weighted by Crippen LogP contribution is 2.49. The fraction of sp³-hybridized carbons (Fsp3) is 0.143. The predicted octanol–water partition coefficient (Wildman–Crippen LogP) is 13.8. The number of rotatable bonds is 10. The van der Waals surface area contributed by atoms with Crippen molar-refractivity contribution in [1.29, 1.82) is 0 Å². The van der Waals surface area contributed by atoms with E-state index in [4.69, 9.17) is 15.7 Å². The molecule has 0 radical (unpaired) electrons. The van der Waals surface area contributed by atoms with Gasteiger partial charge in [-0.15, -0.1) is 0 Å². The van der Waals surface area contributed by atoms with Crippen molar-refractivity contribution >= 4 is 22.8 Å². The molecule has 68 heavy (non-hydrogen) atoms. The fourth-order valence-electron chi connectivity index (χ4n) is 10.5. The second-order valence-electron chi connectivity index (χ2n) is 18.4. The number of nitrogens with two attached hydrogens (primary N) is 1. The van der Waals surface area contributed by atoms with E-state index in [1.807, 2.05) is 0 Å². The molecule has 0 fully saturated rings. The second kappa shape index (κ2) is 18.8. The molecule has 0 saturated heterocycles. The topological polar surface area (TPSA) is 74.8 Å². The molecule has 0 saturated carbocycles. The second-order valence-corrected chi connectivity index (χ2v) is 18.4. The number of nitrogens with one attached hydrogen (secondary N) is 2. The van der Waals surface area contributed by atoms with Gasteiger partial charge in [0.15, 0.2) is 5.84 Å². The van der Waals surface area contributed by atoms with Crippen molar-refractivity contribution in [3.63, 3.8) is 0 Å². The van der Waals surface area contributed by atoms with E-state index < -0.39 is 5.54 Å². The van der Waals surface area contributed by atoms with E-state index in [0.29, 0.717) is 0 Å². The lowest BCUT2D eigenvalue weighted by Gasteiger charge is -2.43. The van der Waals surface area contributed by atoms with Crippen molar-refractivity contribution < 1.29 is 0 Å². The Balaban J connectivity index is 0.969. The molecule has 4 N–H and O–H groups in total. The Labute approximate surface area is 400 Å². The van der Waals surface area contributed by atoms with Crippen molar-refractivity contribution in [2.24, 2.45) is 33.5 Å². The van der Waals surface area contributed by atoms with Crippen molar-refractivity contribution in [3.05, 3.63) is 275 Å². The minimum atomic E-state index is -0.780. The first kappa shape index (κ1) is 42.8. The quantitative estimate of drug-likeness (QED) is 0.128. The first-order chi connectivity index (χ1) is 33.5. The molecule has 0 amide bonds. The highest BCUT2D eigenvalue weighted by molar-refractivity contribution is 6.14. The molecule has 5 heteroatoms. The van der Waals surface area contributed by atoms with Gasteiger partial charge in [0.1, 0.15) is 12.0 Å². The van der Waals surface area contributed by atoms with Gasteiger partial charge in [-0.3, -0.25) is 0 Å². The summed E-state index contributed by atoms with van der Waals surface area (Å²) < 4.78 is 0. The van der Waals surface area contributed by atoms with Crippen LogP contribution in [-0.2, 0) is 5.54 Å². The first-order valence-electron chi connectivity index (χ1n) is 24.0. The van der Waals surface area contributed by atoms with Crippen LogP contribution in [0.3, 0.4) is 0 Å². The Morgan fingerprint density at radius 2 is 1.25 bits per heavy atom. The van der Waals surface area contributed by atoms with Crippen molar-refractivity contribution in [1.82, 2.24) is 10.6 Å². The Hall–Kier alpha value is -7.86. The third-order valence-corrected chi connectivity index (χ3v) is 13.9. The van der Waals surface area contributed by atoms with Crippen LogP contribution in [0.15, 0.2) is 258 Å². The Kier molecular flexibility index (Phi) is 11.8. The van der Waals surface area contributed by atoms with Crippen LogP contribution in [0.4, 0.5) is 0 Å². The maximum absolute atomic E-state index is 7.56. The van der Waals surface area contributed by atoms with E-state index in [9.17, 15) is 0 Å². The molecule has 6 aromatic rings. The van der Waals surface area contributed by atoms with E-state index in [2.05, 4.69) is 248 Å². The Bertz CT molecular complexity index is 3160. The minimum absolute atomic E-state index is 0.0440. The van der Waals surface area contributed by atoms with Crippen LogP contribution in [0.25, 0.3) is 33.4 Å². The summed E-state index contributed by atoms with van der Waals surface area (Å²) in [5.41, 5.74) is 22.7. The Morgan fingerprint density at radius 3 is 1.99 bits per heavy atom. The zero-order valence-corrected chi connectivity index (χ0v) is 38.3. The minimum Gasteiger partial charge on any atom is -0.361 e. The lowest BCUT2D eigenvalue weighted by Crippen LogP contribution is -2.42. The molecular weight excluding hydrogens is 827 g/mol. The van der Waals surface area contributed by atoms with Crippen LogP contribution >= 0.6 is 0 Å². The van der Waals surface area contributed by atoms with E-state index >= 15 is 0 Å². The number of aliphatic imine (C=N–C) groups is 2. The molecular formula is C63H55N5. The van der Waals surface area contributed by atoms with Gasteiger partial charge in [-0.25, -0.2) is 9.98 Å². The van der Waals surface area contributed by atoms with Crippen LogP contribution in [0.1, 0.15) is 60.2 Å². The smallest absolute Gasteiger partial charge is 0.159 e. The summed E-state index contributed by atoms with van der Waals surface area (Å²) in [5.74, 6) is 1.87. The van der Waals surface area contributed by atoms with E-state index in [-0.39, 0.29) is 23.9 Å². The summed E-state index contributed by atoms with van der Waals surface area (Å²) >= 11 is 0. The summed E-state index contributed by atoms with van der Waals surface area (Å²) in [7, 11) is 0. The molecule has 0 bridgehead atoms. The monoisotopic (exact) mass is 881 g/mol. The van der Waals surface area contributed by atoms with E-state index in [1.165, 1.54) is 22.4 Å². The molecule has 0 aromatic heterocycles. The Morgan fingerprint density at radius 1 is 0.603 bits per heavy atom. The SMILES string of the molecule is CC(N)(/C(=C1\NC(C2C=CC=CC2)=C(c2ccc(-c3cccc(C4N=C(c5cccc(-c6ccccc6)c5)N=C(C5=CCCC=C5)N4)c3)cc2)C2C=CC=CC12)c1ccccc1)c1ccccc1. The molecule has 5 aliphatic rings. The third-order valence-electron chi connectivity index (χ3n) is 13.9. The summed E-state index contributed by atoms with van der Waals surface area (Å²) in [5, 5.41) is 7.88. The molecule has 332 valence electrons. The normalized spacial score (nSPS) is 22.2. The number of hydrogen-bond donors (Lipinski definition) is 3. The van der Waals surface area contributed by atoms with Crippen molar-refractivity contribution in [2.75, 3.05) is 0 Å². The molecule has 6 aromatic carbocycles. The van der Waals surface area contributed by atoms with Gasteiger partial charge in [-0.2, -0.15) is 0 Å². The highest BCUT2D eigenvalue weighted by atomic mass is 15.2. The van der Waals surface area contributed by atoms with Crippen LogP contribution in [0.5, 0.6) is 0 Å². The average Bonchev–Trinajstić information content (AvgIpc) is 3.42. The van der Waals surface area contributed by atoms with Gasteiger partial charge in [0.25, 0.3) is 0 Å². The van der Waals surface area contributed by atoms with Gasteiger partial charge < -0.3 is 16.4 Å². The summed E-state index contributed by atoms with van der Waals surface area (Å²) in [6.07, 6.45) is 27.4. The van der Waals surface area contributed by atoms with Gasteiger partial charge >= 0.3 is 0 Å². The lowest BCUT2D eigenvalue weighted by molar-refractivity contribution is 0.533. The molecule has 3 aliphatic carbocycles. The number of amidine groups is 2. The number of allylic oxidation sites excluding steroid dienone is 11. The summed E-state index contributed by atoms with van der Waals surface area (Å²) in [4.78, 5) is 10.4. The van der Waals surface area contributed by atoms with Gasteiger partial charge in [0.2, 0.25) is 0 Å². The molecule has 2 aliphatic heterocycles. The van der Waals surface area contributed by atoms with Crippen LogP contribution < -0.4 is 16.4 Å². The predicted molar refractivity (Wildman–Crippen MR) is 283 cm³/mol. The first-order valence-corrected chi connectivity index (χ1v) is 24.0. The molecule has 0 spiro atoms. The van der Waals surface area contributed by atoms with Gasteiger partial charge in [-0.05, 0) is 88.4 Å². The van der Waals surface area contributed by atoms with Crippen molar-refractivity contribution in [3.8, 4) is 22.3 Å². The van der Waals surface area contributed by atoms with E-state index in [0.717, 1.165) is 86.7 Å². The standard InChI is InChI=1S/C63H55N5/c1-63(64,53-33-15-6-16-34-53)57(46-23-9-3-10-24-46)59-55-36-18-17-35-54(55)56(58(65-59)47-25-11-4-12-26-47)45-39-37-44(38-40-45)50-30-20-32-52(42-50)62-67-60(48-27-13-5-14-28-48)66-61(68-62)51-31-19-29-49(41-51)43-21-7-2-8-22-43/h2-4,6-13,15-25,27-42,47,54-55,62,65H,5,14,26,64H2,1H3,(H,66,67,68)/b59-57-. The van der Waals surface area contributed by atoms with E-state index in [1.54, 1.807) is 0 Å². The van der Waals surface area contributed by atoms with Crippen LogP contribution in [-0.4, -0.2) is 11.7 Å². The molecule has 5 nitrogen and oxygen atoms in total. The van der Waals surface area contributed by atoms with Crippen LogP contribution in [0, 0.1) is 17.8 Å². The molecule has 11 rings (SSSR count). The third kappa shape index (κ3) is 8.53. The molecule has 5 atom stereocenters. The number of fused-ring (bicyclic) bond motifs is 1. The maximum atomic E-state index is 7.56. The van der Waals surface area contributed by atoms with Crippen molar-refractivity contribution in [2.45, 2.75) is 37.9 Å². The fourth-order valence-corrected chi connectivity index (χ4v) is 10.5. The number of nitrogens with zero attached hydrogens (tertiary/aromatic N) is 2. The van der Waals surface area contributed by atoms with Gasteiger partial charge in [0, 0.05) is 45.9 Å². The largest absolute Gasteiger partial charge is 0.361 e. The summed E-state index contributed by atoms with van der Waals surface area (Å²) in [6, 6.07) is 58.3. The zero-order chi connectivity index (χ0) is 45.9.